The summed E-state index contributed by atoms with van der Waals surface area (Å²) in [5.41, 5.74) is 6.89. The first kappa shape index (κ1) is 17.1. The van der Waals surface area contributed by atoms with Crippen LogP contribution in [0.3, 0.4) is 0 Å². The van der Waals surface area contributed by atoms with Crippen LogP contribution in [0.5, 0.6) is 0 Å². The van der Waals surface area contributed by atoms with Gasteiger partial charge in [0.2, 0.25) is 0 Å². The number of carbonyl (C=O) groups is 1. The summed E-state index contributed by atoms with van der Waals surface area (Å²) in [5, 5.41) is 2.33. The van der Waals surface area contributed by atoms with Gasteiger partial charge in [-0.15, -0.1) is 0 Å². The van der Waals surface area contributed by atoms with Crippen molar-refractivity contribution in [2.45, 2.75) is 32.5 Å². The van der Waals surface area contributed by atoms with Gasteiger partial charge in [0, 0.05) is 11.6 Å². The molecule has 1 aromatic rings. The standard InChI is InChI=1S/C15H17F3N2O/c1-10-5-6-13(12(8-10)4-3-7-19)14(21)20-11(2)9-15(16,17)18/h5-6,8,11H,7,9,19H2,1-2H3,(H,20,21). The van der Waals surface area contributed by atoms with Crippen molar-refractivity contribution in [1.29, 1.82) is 0 Å². The van der Waals surface area contributed by atoms with E-state index >= 15 is 0 Å². The van der Waals surface area contributed by atoms with Crippen LogP contribution in [-0.2, 0) is 0 Å². The number of hydrogen-bond donors (Lipinski definition) is 2. The summed E-state index contributed by atoms with van der Waals surface area (Å²) in [7, 11) is 0. The van der Waals surface area contributed by atoms with Gasteiger partial charge < -0.3 is 11.1 Å². The quantitative estimate of drug-likeness (QED) is 0.842. The zero-order chi connectivity index (χ0) is 16.0. The van der Waals surface area contributed by atoms with Gasteiger partial charge in [-0.05, 0) is 31.5 Å². The van der Waals surface area contributed by atoms with Crippen LogP contribution < -0.4 is 11.1 Å². The number of rotatable bonds is 3. The molecule has 1 unspecified atom stereocenters. The second kappa shape index (κ2) is 7.14. The smallest absolute Gasteiger partial charge is 0.349 e. The molecular formula is C15H17F3N2O. The first-order chi connectivity index (χ1) is 9.73. The average Bonchev–Trinajstić information content (AvgIpc) is 2.33. The van der Waals surface area contributed by atoms with Crippen LogP contribution in [0, 0.1) is 18.8 Å². The van der Waals surface area contributed by atoms with Crippen molar-refractivity contribution in [3.63, 3.8) is 0 Å². The van der Waals surface area contributed by atoms with Crippen LogP contribution in [-0.4, -0.2) is 24.7 Å². The molecule has 21 heavy (non-hydrogen) atoms. The van der Waals surface area contributed by atoms with E-state index in [2.05, 4.69) is 17.2 Å². The fourth-order valence-electron chi connectivity index (χ4n) is 1.81. The van der Waals surface area contributed by atoms with Crippen molar-refractivity contribution < 1.29 is 18.0 Å². The van der Waals surface area contributed by atoms with Crippen molar-refractivity contribution >= 4 is 5.91 Å². The Hall–Kier alpha value is -2.00. The van der Waals surface area contributed by atoms with Gasteiger partial charge in [-0.25, -0.2) is 0 Å². The van der Waals surface area contributed by atoms with Crippen LogP contribution in [0.2, 0.25) is 0 Å². The van der Waals surface area contributed by atoms with Gasteiger partial charge in [0.15, 0.2) is 0 Å². The highest BCUT2D eigenvalue weighted by atomic mass is 19.4. The van der Waals surface area contributed by atoms with E-state index in [1.54, 1.807) is 18.2 Å². The molecule has 1 aromatic carbocycles. The lowest BCUT2D eigenvalue weighted by Crippen LogP contribution is -2.36. The first-order valence-electron chi connectivity index (χ1n) is 6.40. The van der Waals surface area contributed by atoms with E-state index in [-0.39, 0.29) is 12.1 Å². The zero-order valence-corrected chi connectivity index (χ0v) is 11.8. The number of nitrogens with two attached hydrogens (primary N) is 1. The predicted molar refractivity (Wildman–Crippen MR) is 74.7 cm³/mol. The molecule has 0 aliphatic carbocycles. The van der Waals surface area contributed by atoms with Gasteiger partial charge in [-0.2, -0.15) is 13.2 Å². The summed E-state index contributed by atoms with van der Waals surface area (Å²) in [6.45, 7) is 3.28. The normalized spacial score (nSPS) is 12.3. The van der Waals surface area contributed by atoms with Crippen LogP contribution >= 0.6 is 0 Å². The molecule has 0 spiro atoms. The Morgan fingerprint density at radius 3 is 2.67 bits per heavy atom. The maximum atomic E-state index is 12.3. The zero-order valence-electron chi connectivity index (χ0n) is 11.8. The molecule has 0 radical (unpaired) electrons. The lowest BCUT2D eigenvalue weighted by atomic mass is 10.0. The molecule has 0 aliphatic rings. The number of hydrogen-bond acceptors (Lipinski definition) is 2. The Bertz CT molecular complexity index is 571. The van der Waals surface area contributed by atoms with Crippen molar-refractivity contribution in [3.05, 3.63) is 34.9 Å². The molecule has 0 saturated heterocycles. The number of nitrogens with one attached hydrogen (secondary N) is 1. The van der Waals surface area contributed by atoms with Crippen LogP contribution in [0.1, 0.15) is 34.8 Å². The minimum absolute atomic E-state index is 0.138. The second-order valence-electron chi connectivity index (χ2n) is 4.75. The van der Waals surface area contributed by atoms with Gasteiger partial charge in [-0.3, -0.25) is 4.79 Å². The molecule has 0 heterocycles. The van der Waals surface area contributed by atoms with E-state index in [4.69, 9.17) is 5.73 Å². The summed E-state index contributed by atoms with van der Waals surface area (Å²) < 4.78 is 36.8. The summed E-state index contributed by atoms with van der Waals surface area (Å²) in [6.07, 6.45) is -5.39. The van der Waals surface area contributed by atoms with E-state index in [1.807, 2.05) is 6.92 Å². The monoisotopic (exact) mass is 298 g/mol. The molecule has 6 heteroatoms. The molecule has 3 nitrogen and oxygen atoms in total. The van der Waals surface area contributed by atoms with E-state index in [9.17, 15) is 18.0 Å². The van der Waals surface area contributed by atoms with E-state index < -0.39 is 24.5 Å². The molecular weight excluding hydrogens is 281 g/mol. The predicted octanol–water partition coefficient (Wildman–Crippen LogP) is 2.38. The minimum atomic E-state index is -4.32. The summed E-state index contributed by atoms with van der Waals surface area (Å²) in [5.74, 6) is 4.82. The third-order valence-corrected chi connectivity index (χ3v) is 2.66. The van der Waals surface area contributed by atoms with Crippen molar-refractivity contribution in [1.82, 2.24) is 5.32 Å². The van der Waals surface area contributed by atoms with Crippen LogP contribution in [0.25, 0.3) is 0 Å². The highest BCUT2D eigenvalue weighted by molar-refractivity contribution is 5.97. The number of aryl methyl sites for hydroxylation is 1. The third kappa shape index (κ3) is 5.88. The fraction of sp³-hybridized carbons (Fsp3) is 0.400. The maximum absolute atomic E-state index is 12.3. The highest BCUT2D eigenvalue weighted by Gasteiger charge is 2.30. The van der Waals surface area contributed by atoms with Crippen molar-refractivity contribution in [3.8, 4) is 11.8 Å². The molecule has 0 saturated carbocycles. The van der Waals surface area contributed by atoms with Crippen LogP contribution in [0.15, 0.2) is 18.2 Å². The van der Waals surface area contributed by atoms with Gasteiger partial charge >= 0.3 is 6.18 Å². The number of alkyl halides is 3. The molecule has 1 amide bonds. The van der Waals surface area contributed by atoms with Gasteiger partial charge in [-0.1, -0.05) is 17.9 Å². The maximum Gasteiger partial charge on any atom is 0.391 e. The lowest BCUT2D eigenvalue weighted by Gasteiger charge is -2.16. The SMILES string of the molecule is Cc1ccc(C(=O)NC(C)CC(F)(F)F)c(C#CCN)c1. The summed E-state index contributed by atoms with van der Waals surface area (Å²) in [4.78, 5) is 12.1. The topological polar surface area (TPSA) is 55.1 Å². The first-order valence-corrected chi connectivity index (χ1v) is 6.40. The summed E-state index contributed by atoms with van der Waals surface area (Å²) >= 11 is 0. The number of carbonyl (C=O) groups excluding carboxylic acids is 1. The molecule has 3 N–H and O–H groups in total. The fourth-order valence-corrected chi connectivity index (χ4v) is 1.81. The van der Waals surface area contributed by atoms with Gasteiger partial charge in [0.05, 0.1) is 18.5 Å². The molecule has 0 bridgehead atoms. The molecule has 1 atom stereocenters. The molecule has 0 aromatic heterocycles. The average molecular weight is 298 g/mol. The van der Waals surface area contributed by atoms with Gasteiger partial charge in [0.1, 0.15) is 0 Å². The third-order valence-electron chi connectivity index (χ3n) is 2.66. The van der Waals surface area contributed by atoms with Crippen LogP contribution in [0.4, 0.5) is 13.2 Å². The van der Waals surface area contributed by atoms with Crippen molar-refractivity contribution in [2.24, 2.45) is 5.73 Å². The molecule has 1 rings (SSSR count). The Balaban J connectivity index is 2.92. The molecule has 0 aliphatic heterocycles. The Labute approximate surface area is 121 Å². The number of amides is 1. The highest BCUT2D eigenvalue weighted by Crippen LogP contribution is 2.21. The summed E-state index contributed by atoms with van der Waals surface area (Å²) in [6, 6.07) is 3.95. The molecule has 0 fully saturated rings. The minimum Gasteiger partial charge on any atom is -0.349 e. The second-order valence-corrected chi connectivity index (χ2v) is 4.75. The van der Waals surface area contributed by atoms with E-state index in [0.29, 0.717) is 5.56 Å². The Morgan fingerprint density at radius 1 is 1.43 bits per heavy atom. The Kier molecular flexibility index (Phi) is 5.79. The number of benzene rings is 1. The number of halogens is 3. The lowest BCUT2D eigenvalue weighted by molar-refractivity contribution is -0.138. The molecule has 114 valence electrons. The van der Waals surface area contributed by atoms with E-state index in [1.165, 1.54) is 6.92 Å². The van der Waals surface area contributed by atoms with Gasteiger partial charge in [0.25, 0.3) is 5.91 Å². The van der Waals surface area contributed by atoms with Crippen molar-refractivity contribution in [2.75, 3.05) is 6.54 Å². The Morgan fingerprint density at radius 2 is 2.10 bits per heavy atom. The largest absolute Gasteiger partial charge is 0.391 e. The van der Waals surface area contributed by atoms with E-state index in [0.717, 1.165) is 5.56 Å².